The van der Waals surface area contributed by atoms with Gasteiger partial charge in [0.25, 0.3) is 0 Å². The third-order valence-corrected chi connectivity index (χ3v) is 3.00. The number of hydrogen-bond donors (Lipinski definition) is 0. The topological polar surface area (TPSA) is 46.2 Å². The molecule has 0 bridgehead atoms. The Morgan fingerprint density at radius 3 is 2.62 bits per heavy atom. The lowest BCUT2D eigenvalue weighted by Gasteiger charge is -2.34. The normalized spacial score (nSPS) is 49.4. The van der Waals surface area contributed by atoms with Crippen LogP contribution in [0.5, 0.6) is 0 Å². The largest absolute Gasteiger partial charge is 0.346 e. The molecule has 5 heteroatoms. The summed E-state index contributed by atoms with van der Waals surface area (Å²) in [7, 11) is 0. The van der Waals surface area contributed by atoms with Crippen LogP contribution in [0.1, 0.15) is 13.8 Å². The van der Waals surface area contributed by atoms with Gasteiger partial charge in [0, 0.05) is 0 Å². The van der Waals surface area contributed by atoms with Crippen LogP contribution >= 0.6 is 0 Å². The van der Waals surface area contributed by atoms with Crippen LogP contribution in [0.2, 0.25) is 0 Å². The number of rotatable bonds is 0. The minimum atomic E-state index is -0.671. The second-order valence-electron chi connectivity index (χ2n) is 4.57. The fourth-order valence-electron chi connectivity index (χ4n) is 2.37. The summed E-state index contributed by atoms with van der Waals surface area (Å²) < 4.78 is 27.9. The summed E-state index contributed by atoms with van der Waals surface area (Å²) in [5, 5.41) is 0. The van der Waals surface area contributed by atoms with Gasteiger partial charge in [-0.1, -0.05) is 5.92 Å². The zero-order chi connectivity index (χ0) is 11.3. The van der Waals surface area contributed by atoms with Gasteiger partial charge in [0.1, 0.15) is 31.2 Å². The summed E-state index contributed by atoms with van der Waals surface area (Å²) in [5.41, 5.74) is 0. The molecule has 3 aliphatic rings. The quantitative estimate of drug-likeness (QED) is 0.554. The predicted octanol–water partition coefficient (Wildman–Crippen LogP) is 0.237. The zero-order valence-corrected chi connectivity index (χ0v) is 9.21. The summed E-state index contributed by atoms with van der Waals surface area (Å²) >= 11 is 0. The van der Waals surface area contributed by atoms with Gasteiger partial charge in [-0.3, -0.25) is 0 Å². The van der Waals surface area contributed by atoms with Gasteiger partial charge in [0.2, 0.25) is 0 Å². The summed E-state index contributed by atoms with van der Waals surface area (Å²) in [4.78, 5) is 0. The van der Waals surface area contributed by atoms with Crippen LogP contribution in [0.15, 0.2) is 0 Å². The monoisotopic (exact) mass is 226 g/mol. The highest BCUT2D eigenvalue weighted by Crippen LogP contribution is 2.39. The van der Waals surface area contributed by atoms with Crippen molar-refractivity contribution in [1.29, 1.82) is 0 Å². The van der Waals surface area contributed by atoms with E-state index in [0.29, 0.717) is 0 Å². The van der Waals surface area contributed by atoms with Gasteiger partial charge in [-0.2, -0.15) is 0 Å². The molecule has 0 aromatic carbocycles. The summed E-state index contributed by atoms with van der Waals surface area (Å²) in [6.07, 6.45) is 3.75. The summed E-state index contributed by atoms with van der Waals surface area (Å²) in [6.45, 7) is 3.90. The van der Waals surface area contributed by atoms with E-state index in [0.717, 1.165) is 0 Å². The fourth-order valence-corrected chi connectivity index (χ4v) is 2.37. The predicted molar refractivity (Wildman–Crippen MR) is 52.1 cm³/mol. The van der Waals surface area contributed by atoms with Gasteiger partial charge < -0.3 is 23.7 Å². The van der Waals surface area contributed by atoms with Crippen molar-refractivity contribution in [3.05, 3.63) is 0 Å². The van der Waals surface area contributed by atoms with Crippen molar-refractivity contribution >= 4 is 0 Å². The molecule has 0 aromatic heterocycles. The first-order chi connectivity index (χ1) is 7.61. The van der Waals surface area contributed by atoms with Crippen LogP contribution in [0.25, 0.3) is 0 Å². The van der Waals surface area contributed by atoms with Crippen molar-refractivity contribution in [2.45, 2.75) is 50.3 Å². The number of ether oxygens (including phenoxy) is 5. The number of terminal acetylenes is 1. The lowest BCUT2D eigenvalue weighted by atomic mass is 9.99. The van der Waals surface area contributed by atoms with Crippen molar-refractivity contribution in [3.63, 3.8) is 0 Å². The average Bonchev–Trinajstić information content (AvgIpc) is 2.78. The highest BCUT2D eigenvalue weighted by molar-refractivity contribution is 5.08. The Morgan fingerprint density at radius 2 is 1.88 bits per heavy atom. The maximum absolute atomic E-state index is 5.74. The van der Waals surface area contributed by atoms with E-state index in [9.17, 15) is 0 Å². The van der Waals surface area contributed by atoms with Gasteiger partial charge in [-0.15, -0.1) is 6.42 Å². The van der Waals surface area contributed by atoms with Crippen molar-refractivity contribution in [3.8, 4) is 12.3 Å². The Kier molecular flexibility index (Phi) is 2.25. The highest BCUT2D eigenvalue weighted by atomic mass is 16.8. The molecule has 3 aliphatic heterocycles. The number of hydrogen-bond acceptors (Lipinski definition) is 5. The molecule has 5 atom stereocenters. The van der Waals surface area contributed by atoms with Crippen LogP contribution in [-0.2, 0) is 23.7 Å². The minimum Gasteiger partial charge on any atom is -0.346 e. The molecule has 0 unspecified atom stereocenters. The molecule has 0 aliphatic carbocycles. The molecule has 88 valence electrons. The van der Waals surface area contributed by atoms with E-state index in [1.54, 1.807) is 0 Å². The standard InChI is InChI=1S/C11H14O5/c1-4-6-7-8(13-5-12-7)9-10(14-6)16-11(2,3)15-9/h1,6-10H,5H2,2-3H3/t6-,7+,8+,9-,10-/m1/s1. The number of fused-ring (bicyclic) bond motifs is 3. The molecule has 3 saturated heterocycles. The average molecular weight is 226 g/mol. The van der Waals surface area contributed by atoms with E-state index in [4.69, 9.17) is 30.1 Å². The Labute approximate surface area is 93.9 Å². The highest BCUT2D eigenvalue weighted by Gasteiger charge is 2.57. The van der Waals surface area contributed by atoms with E-state index >= 15 is 0 Å². The Balaban J connectivity index is 1.86. The smallest absolute Gasteiger partial charge is 0.191 e. The first-order valence-corrected chi connectivity index (χ1v) is 5.31. The van der Waals surface area contributed by atoms with Crippen molar-refractivity contribution in [1.82, 2.24) is 0 Å². The molecule has 16 heavy (non-hydrogen) atoms. The van der Waals surface area contributed by atoms with Crippen molar-refractivity contribution in [2.75, 3.05) is 6.79 Å². The SMILES string of the molecule is C#C[C@H]1O[C@@H]2OC(C)(C)O[C@@H]2[C@H]2OCO[C@H]21. The fraction of sp³-hybridized carbons (Fsp3) is 0.818. The second-order valence-corrected chi connectivity index (χ2v) is 4.57. The maximum atomic E-state index is 5.74. The maximum Gasteiger partial charge on any atom is 0.191 e. The van der Waals surface area contributed by atoms with Crippen LogP contribution < -0.4 is 0 Å². The van der Waals surface area contributed by atoms with E-state index in [2.05, 4.69) is 5.92 Å². The third-order valence-electron chi connectivity index (χ3n) is 3.00. The molecule has 5 nitrogen and oxygen atoms in total. The lowest BCUT2D eigenvalue weighted by Crippen LogP contribution is -2.54. The Hall–Kier alpha value is -0.640. The van der Waals surface area contributed by atoms with E-state index in [1.807, 2.05) is 13.8 Å². The molecule has 0 spiro atoms. The van der Waals surface area contributed by atoms with Crippen LogP contribution in [-0.4, -0.2) is 43.3 Å². The summed E-state index contributed by atoms with van der Waals surface area (Å²) in [6, 6.07) is 0. The second kappa shape index (κ2) is 3.42. The van der Waals surface area contributed by atoms with Crippen molar-refractivity contribution in [2.24, 2.45) is 0 Å². The van der Waals surface area contributed by atoms with Gasteiger partial charge in [0.15, 0.2) is 12.1 Å². The molecule has 3 fully saturated rings. The third kappa shape index (κ3) is 1.46. The van der Waals surface area contributed by atoms with E-state index in [1.165, 1.54) is 0 Å². The van der Waals surface area contributed by atoms with Gasteiger partial charge in [-0.25, -0.2) is 0 Å². The Bertz CT molecular complexity index is 334. The molecule has 0 saturated carbocycles. The first-order valence-electron chi connectivity index (χ1n) is 5.31. The Morgan fingerprint density at radius 1 is 1.12 bits per heavy atom. The van der Waals surface area contributed by atoms with Crippen LogP contribution in [0.3, 0.4) is 0 Å². The molecule has 0 amide bonds. The van der Waals surface area contributed by atoms with Crippen LogP contribution in [0.4, 0.5) is 0 Å². The van der Waals surface area contributed by atoms with Crippen LogP contribution in [0, 0.1) is 12.3 Å². The molecule has 0 radical (unpaired) electrons. The van der Waals surface area contributed by atoms with Gasteiger partial charge in [-0.05, 0) is 13.8 Å². The van der Waals surface area contributed by atoms with Gasteiger partial charge in [0.05, 0.1) is 0 Å². The van der Waals surface area contributed by atoms with Gasteiger partial charge >= 0.3 is 0 Å². The molecular weight excluding hydrogens is 212 g/mol. The lowest BCUT2D eigenvalue weighted by molar-refractivity contribution is -0.218. The molecule has 3 rings (SSSR count). The summed E-state index contributed by atoms with van der Waals surface area (Å²) in [5.74, 6) is 1.88. The minimum absolute atomic E-state index is 0.207. The van der Waals surface area contributed by atoms with E-state index < -0.39 is 18.2 Å². The molecule has 3 heterocycles. The first kappa shape index (κ1) is 10.5. The van der Waals surface area contributed by atoms with Crippen molar-refractivity contribution < 1.29 is 23.7 Å². The molecular formula is C11H14O5. The molecule has 0 aromatic rings. The zero-order valence-electron chi connectivity index (χ0n) is 9.21. The molecule has 0 N–H and O–H groups in total. The van der Waals surface area contributed by atoms with E-state index in [-0.39, 0.29) is 25.1 Å².